The van der Waals surface area contributed by atoms with Crippen molar-refractivity contribution in [3.8, 4) is 11.1 Å². The summed E-state index contributed by atoms with van der Waals surface area (Å²) in [6.45, 7) is 61.1. The van der Waals surface area contributed by atoms with Crippen LogP contribution in [0.25, 0.3) is 11.1 Å². The number of aromatic nitrogens is 1. The fourth-order valence-electron chi connectivity index (χ4n) is 15.6. The van der Waals surface area contributed by atoms with E-state index in [1.54, 1.807) is 6.07 Å². The standard InChI is InChI=1S/C19H21F2N.C14H22ClN.2C14H21N.C12H18N2.C12H17N.C12H16O.CH4/c1-19(2,3)22-11-5-7-15-14(6-4-8-18(15)22)13-9-10-16(20)17(21)12-13;1-10(2)16(6)12-9-7-8-11(13(12)15)14(3,4)5;1-10-8-11-6-7-15(5)13(11)9-12(10)14(2,3)4;1-14(2,3)15-11-7-6-9-12-8-4-5-10-13(12)15;1-12(2,3)14-9-5-6-10-11(14)7-4-8-13-10;1-12(2,3)13-9-8-10-6-4-5-7-11(10)13;1-12(2,3)11-5-4-9-7-13-8-10(9)6-11;/h4,6,8-10,12H,5,7,11H2,1-3H3;7-10H,1-6H3;8-9H,6-7H2,1-5H3;4-5,8,10H,6-7,9,11H2,1-3H3;4,7-8H,5-6,9H2,1-3H3;4-7H,8-9H2,1-3H3;4-6H,7-8H2,1-3H3;1H4. The summed E-state index contributed by atoms with van der Waals surface area (Å²) < 4.78 is 32.1. The van der Waals surface area contributed by atoms with E-state index >= 15 is 0 Å². The molecule has 8 aromatic rings. The molecule has 0 amide bonds. The van der Waals surface area contributed by atoms with Crippen LogP contribution in [-0.2, 0) is 66.3 Å². The summed E-state index contributed by atoms with van der Waals surface area (Å²) in [4.78, 5) is 18.9. The second kappa shape index (κ2) is 36.8. The molecule has 0 radical (unpaired) electrons. The number of ether oxygens (including phenoxy) is 1. The maximum absolute atomic E-state index is 13.6. The van der Waals surface area contributed by atoms with Crippen molar-refractivity contribution in [3.63, 3.8) is 0 Å². The average molecular weight is 1510 g/mol. The summed E-state index contributed by atoms with van der Waals surface area (Å²) in [5, 5.41) is 0.881. The van der Waals surface area contributed by atoms with Crippen molar-refractivity contribution < 1.29 is 13.5 Å². The first-order valence-electron chi connectivity index (χ1n) is 40.2. The third kappa shape index (κ3) is 23.4. The molecule has 14 rings (SSSR count). The van der Waals surface area contributed by atoms with E-state index in [4.69, 9.17) is 16.3 Å². The van der Waals surface area contributed by atoms with E-state index in [9.17, 15) is 8.78 Å². The normalized spacial score (nSPS) is 15.2. The molecule has 0 N–H and O–H groups in total. The summed E-state index contributed by atoms with van der Waals surface area (Å²) in [6, 6.07) is 50.3. The first kappa shape index (κ1) is 88.8. The van der Waals surface area contributed by atoms with Gasteiger partial charge in [-0.05, 0) is 299 Å². The van der Waals surface area contributed by atoms with Crippen LogP contribution < -0.4 is 29.4 Å². The van der Waals surface area contributed by atoms with Gasteiger partial charge < -0.3 is 34.1 Å². The highest BCUT2D eigenvalue weighted by Gasteiger charge is 2.32. The Labute approximate surface area is 666 Å². The summed E-state index contributed by atoms with van der Waals surface area (Å²) in [7, 11) is 4.27. The minimum atomic E-state index is -0.801. The molecule has 109 heavy (non-hydrogen) atoms. The molecule has 6 aliphatic heterocycles. The number of nitrogens with zero attached hydrogens (tertiary/aromatic N) is 7. The Morgan fingerprint density at radius 1 is 0.440 bits per heavy atom. The molecule has 0 spiro atoms. The molecule has 0 atom stereocenters. The van der Waals surface area contributed by atoms with Crippen LogP contribution in [0.4, 0.5) is 42.9 Å². The van der Waals surface area contributed by atoms with E-state index in [-0.39, 0.29) is 45.8 Å². The lowest BCUT2D eigenvalue weighted by Crippen LogP contribution is -2.44. The largest absolute Gasteiger partial charge is 0.374 e. The van der Waals surface area contributed by atoms with E-state index in [0.29, 0.717) is 6.04 Å². The topological polar surface area (TPSA) is 41.6 Å². The number of hydrogen-bond acceptors (Lipinski definition) is 8. The number of anilines is 6. The van der Waals surface area contributed by atoms with Gasteiger partial charge in [-0.15, -0.1) is 0 Å². The molecule has 0 unspecified atom stereocenters. The van der Waals surface area contributed by atoms with Crippen LogP contribution in [0.15, 0.2) is 152 Å². The van der Waals surface area contributed by atoms with E-state index < -0.39 is 11.6 Å². The van der Waals surface area contributed by atoms with Crippen molar-refractivity contribution in [1.82, 2.24) is 4.98 Å². The van der Waals surface area contributed by atoms with Gasteiger partial charge in [-0.2, -0.15) is 0 Å². The van der Waals surface area contributed by atoms with Crippen molar-refractivity contribution >= 4 is 45.7 Å². The fraction of sp³-hybridized carbons (Fsp3) is 0.520. The predicted octanol–water partition coefficient (Wildman–Crippen LogP) is 25.7. The molecule has 6 aliphatic rings. The number of hydrogen-bond donors (Lipinski definition) is 0. The number of rotatable bonds is 3. The number of pyridine rings is 1. The van der Waals surface area contributed by atoms with Crippen molar-refractivity contribution in [2.45, 2.75) is 289 Å². The molecule has 594 valence electrons. The molecule has 7 aromatic carbocycles. The highest BCUT2D eigenvalue weighted by Crippen LogP contribution is 2.42. The third-order valence-corrected chi connectivity index (χ3v) is 22.2. The molecule has 0 saturated carbocycles. The molecule has 1 aromatic heterocycles. The monoisotopic (exact) mass is 1500 g/mol. The number of para-hydroxylation sites is 2. The lowest BCUT2D eigenvalue weighted by molar-refractivity contribution is 0.134. The van der Waals surface area contributed by atoms with Gasteiger partial charge in [0.05, 0.1) is 35.3 Å². The van der Waals surface area contributed by atoms with E-state index in [0.717, 1.165) is 67.4 Å². The zero-order valence-electron chi connectivity index (χ0n) is 71.5. The summed E-state index contributed by atoms with van der Waals surface area (Å²) >= 11 is 6.49. The Morgan fingerprint density at radius 2 is 0.963 bits per heavy atom. The average Bonchev–Trinajstić information content (AvgIpc) is 1.72. The summed E-state index contributed by atoms with van der Waals surface area (Å²) in [5.74, 6) is -1.59. The van der Waals surface area contributed by atoms with E-state index in [2.05, 4.69) is 324 Å². The van der Waals surface area contributed by atoms with Gasteiger partial charge >= 0.3 is 0 Å². The quantitative estimate of drug-likeness (QED) is 0.173. The Balaban J connectivity index is 0.000000178. The van der Waals surface area contributed by atoms with Gasteiger partial charge in [-0.3, -0.25) is 4.98 Å². The van der Waals surface area contributed by atoms with Gasteiger partial charge in [-0.25, -0.2) is 8.78 Å². The molecule has 7 heterocycles. The minimum Gasteiger partial charge on any atom is -0.374 e. The van der Waals surface area contributed by atoms with Crippen LogP contribution in [0.3, 0.4) is 0 Å². The number of fused-ring (bicyclic) bond motifs is 6. The Kier molecular flexibility index (Phi) is 30.0. The smallest absolute Gasteiger partial charge is 0.159 e. The van der Waals surface area contributed by atoms with E-state index in [1.807, 2.05) is 24.4 Å². The first-order chi connectivity index (χ1) is 50.4. The van der Waals surface area contributed by atoms with Gasteiger partial charge in [0.1, 0.15) is 0 Å². The van der Waals surface area contributed by atoms with Gasteiger partial charge in [0.15, 0.2) is 11.6 Å². The van der Waals surface area contributed by atoms with Crippen LogP contribution in [-0.4, -0.2) is 80.0 Å². The number of benzene rings is 7. The van der Waals surface area contributed by atoms with Crippen molar-refractivity contribution in [2.24, 2.45) is 0 Å². The Bertz CT molecular complexity index is 4260. The van der Waals surface area contributed by atoms with Gasteiger partial charge in [0, 0.05) is 104 Å². The molecular formula is C98H140ClF2N7O. The SMILES string of the molecule is C.CC(C)(C)N1CCCCc2ccccc21.CC(C)(C)N1CCCc2c(-c3ccc(F)c(F)c3)cccc21.CC(C)(C)N1CCCc2ncccc21.CC(C)(C)N1CCc2ccccc21.CC(C)(C)c1ccc2c(c1)COC2.CC(C)N(C)c1cccc(C(C)(C)C)c1Cl.Cc1cc2c(cc1C(C)(C)C)N(C)CC2. The molecule has 0 bridgehead atoms. The summed E-state index contributed by atoms with van der Waals surface area (Å²) in [6.07, 6.45) is 12.6. The van der Waals surface area contributed by atoms with Crippen LogP contribution in [0.5, 0.6) is 0 Å². The van der Waals surface area contributed by atoms with Gasteiger partial charge in [0.25, 0.3) is 0 Å². The maximum atomic E-state index is 13.6. The van der Waals surface area contributed by atoms with Crippen LogP contribution in [0.2, 0.25) is 5.02 Å². The van der Waals surface area contributed by atoms with Gasteiger partial charge in [-0.1, -0.05) is 172 Å². The van der Waals surface area contributed by atoms with Crippen molar-refractivity contribution in [2.75, 3.05) is 76.2 Å². The highest BCUT2D eigenvalue weighted by atomic mass is 35.5. The van der Waals surface area contributed by atoms with Crippen molar-refractivity contribution in [3.05, 3.63) is 230 Å². The van der Waals surface area contributed by atoms with Crippen LogP contribution >= 0.6 is 11.6 Å². The van der Waals surface area contributed by atoms with Crippen LogP contribution in [0, 0.1) is 18.6 Å². The second-order valence-electron chi connectivity index (χ2n) is 37.9. The minimum absolute atomic E-state index is 0. The zero-order chi connectivity index (χ0) is 79.6. The van der Waals surface area contributed by atoms with Crippen LogP contribution in [0.1, 0.15) is 254 Å². The Morgan fingerprint density at radius 3 is 1.55 bits per heavy atom. The number of aryl methyl sites for hydroxylation is 3. The zero-order valence-corrected chi connectivity index (χ0v) is 72.3. The Hall–Kier alpha value is -7.40. The second-order valence-corrected chi connectivity index (χ2v) is 38.3. The molecule has 0 fully saturated rings. The lowest BCUT2D eigenvalue weighted by Gasteiger charge is -2.42. The maximum Gasteiger partial charge on any atom is 0.159 e. The predicted molar refractivity (Wildman–Crippen MR) is 472 cm³/mol. The van der Waals surface area contributed by atoms with Crippen molar-refractivity contribution in [1.29, 1.82) is 0 Å². The molecule has 0 saturated heterocycles. The molecule has 8 nitrogen and oxygen atoms in total. The number of halogens is 3. The molecule has 11 heteroatoms. The fourth-order valence-corrected chi connectivity index (χ4v) is 16.1. The number of likely N-dealkylation sites (N-methyl/N-ethyl adjacent to an activating group) is 1. The third-order valence-electron chi connectivity index (χ3n) is 21.8. The first-order valence-corrected chi connectivity index (χ1v) is 40.6. The molecule has 0 aliphatic carbocycles. The highest BCUT2D eigenvalue weighted by molar-refractivity contribution is 6.34. The van der Waals surface area contributed by atoms with E-state index in [1.165, 1.54) is 160 Å². The van der Waals surface area contributed by atoms with Gasteiger partial charge in [0.2, 0.25) is 0 Å². The summed E-state index contributed by atoms with van der Waals surface area (Å²) in [5.41, 5.74) is 26.3. The lowest BCUT2D eigenvalue weighted by atomic mass is 9.83. The molecular weight excluding hydrogens is 1360 g/mol.